The van der Waals surface area contributed by atoms with E-state index in [1.807, 2.05) is 60.7 Å². The van der Waals surface area contributed by atoms with Gasteiger partial charge in [-0.15, -0.1) is 0 Å². The van der Waals surface area contributed by atoms with Gasteiger partial charge in [-0.25, -0.2) is 15.0 Å². The summed E-state index contributed by atoms with van der Waals surface area (Å²) in [5, 5.41) is 6.92. The van der Waals surface area contributed by atoms with E-state index in [1.54, 1.807) is 0 Å². The zero-order valence-electron chi connectivity index (χ0n) is 25.3. The Morgan fingerprint density at radius 2 is 1.08 bits per heavy atom. The Balaban J connectivity index is 1.36. The number of fused-ring (bicyclic) bond motifs is 11. The molecule has 10 rings (SSSR count). The molecule has 0 saturated carbocycles. The van der Waals surface area contributed by atoms with Crippen LogP contribution in [0.3, 0.4) is 0 Å². The Morgan fingerprint density at radius 1 is 0.438 bits per heavy atom. The topological polar surface area (TPSA) is 48.0 Å². The molecule has 0 amide bonds. The van der Waals surface area contributed by atoms with Crippen LogP contribution in [0.1, 0.15) is 0 Å². The smallest absolute Gasteiger partial charge is 0.162 e. The molecule has 0 unspecified atom stereocenters. The number of benzene rings is 6. The second-order valence-corrected chi connectivity index (χ2v) is 12.9. The average molecular weight is 657 g/mol. The van der Waals surface area contributed by atoms with Crippen LogP contribution in [0.4, 0.5) is 0 Å². The molecule has 0 aliphatic heterocycles. The van der Waals surface area contributed by atoms with E-state index in [2.05, 4.69) is 87.8 Å². The maximum atomic E-state index is 6.47. The molecule has 6 aromatic carbocycles. The summed E-state index contributed by atoms with van der Waals surface area (Å²) in [4.78, 5) is 15.3. The number of halogens is 2. The van der Waals surface area contributed by atoms with Crippen molar-refractivity contribution in [2.24, 2.45) is 0 Å². The van der Waals surface area contributed by atoms with E-state index >= 15 is 0 Å². The second-order valence-electron chi connectivity index (χ2n) is 12.0. The van der Waals surface area contributed by atoms with Crippen LogP contribution in [0, 0.1) is 0 Å². The van der Waals surface area contributed by atoms with Gasteiger partial charge >= 0.3 is 0 Å². The molecule has 0 bridgehead atoms. The van der Waals surface area contributed by atoms with Gasteiger partial charge in [0.25, 0.3) is 0 Å². The molecule has 4 heterocycles. The molecule has 7 heteroatoms. The summed E-state index contributed by atoms with van der Waals surface area (Å²) in [7, 11) is 0. The lowest BCUT2D eigenvalue weighted by Gasteiger charge is -2.13. The number of hydrogen-bond acceptors (Lipinski definition) is 3. The van der Waals surface area contributed by atoms with Crippen LogP contribution < -0.4 is 0 Å². The molecule has 0 fully saturated rings. The molecular formula is C41H23Cl2N5. The summed E-state index contributed by atoms with van der Waals surface area (Å²) < 4.78 is 4.55. The molecule has 0 aliphatic rings. The van der Waals surface area contributed by atoms with Crippen molar-refractivity contribution in [2.45, 2.75) is 0 Å². The Labute approximate surface area is 284 Å². The molecule has 5 nitrogen and oxygen atoms in total. The highest BCUT2D eigenvalue weighted by molar-refractivity contribution is 6.31. The first-order chi connectivity index (χ1) is 23.6. The number of para-hydroxylation sites is 3. The van der Waals surface area contributed by atoms with Gasteiger partial charge in [-0.1, -0.05) is 102 Å². The van der Waals surface area contributed by atoms with Gasteiger partial charge in [0.2, 0.25) is 0 Å². The summed E-state index contributed by atoms with van der Waals surface area (Å²) in [6.45, 7) is 0. The van der Waals surface area contributed by atoms with Crippen molar-refractivity contribution in [1.29, 1.82) is 0 Å². The predicted molar refractivity (Wildman–Crippen MR) is 199 cm³/mol. The van der Waals surface area contributed by atoms with Gasteiger partial charge in [0.15, 0.2) is 5.82 Å². The molecule has 0 aliphatic carbocycles. The van der Waals surface area contributed by atoms with Crippen molar-refractivity contribution < 1.29 is 0 Å². The number of nitrogens with zero attached hydrogens (tertiary/aromatic N) is 5. The summed E-state index contributed by atoms with van der Waals surface area (Å²) in [6, 6.07) is 47.5. The lowest BCUT2D eigenvalue weighted by Crippen LogP contribution is -2.02. The Kier molecular flexibility index (Phi) is 5.92. The molecule has 0 radical (unpaired) electrons. The Bertz CT molecular complexity index is 2880. The van der Waals surface area contributed by atoms with Crippen molar-refractivity contribution in [3.63, 3.8) is 0 Å². The zero-order valence-corrected chi connectivity index (χ0v) is 26.8. The minimum absolute atomic E-state index is 0.578. The first-order valence-electron chi connectivity index (χ1n) is 15.7. The van der Waals surface area contributed by atoms with Gasteiger partial charge in [0.1, 0.15) is 11.5 Å². The van der Waals surface area contributed by atoms with Crippen LogP contribution in [0.5, 0.6) is 0 Å². The predicted octanol–water partition coefficient (Wildman–Crippen LogP) is 11.3. The van der Waals surface area contributed by atoms with E-state index in [0.29, 0.717) is 15.9 Å². The normalized spacial score (nSPS) is 12.0. The number of hydrogen-bond donors (Lipinski definition) is 0. The minimum atomic E-state index is 0.578. The van der Waals surface area contributed by atoms with E-state index in [4.69, 9.17) is 38.2 Å². The van der Waals surface area contributed by atoms with Gasteiger partial charge in [-0.3, -0.25) is 8.97 Å². The van der Waals surface area contributed by atoms with Crippen molar-refractivity contribution in [2.75, 3.05) is 0 Å². The van der Waals surface area contributed by atoms with Crippen LogP contribution in [0.2, 0.25) is 10.0 Å². The fourth-order valence-corrected chi connectivity index (χ4v) is 7.50. The molecule has 0 spiro atoms. The van der Waals surface area contributed by atoms with Gasteiger partial charge in [0.05, 0.1) is 33.3 Å². The Hall–Kier alpha value is -5.75. The van der Waals surface area contributed by atoms with E-state index < -0.39 is 0 Å². The highest BCUT2D eigenvalue weighted by Gasteiger charge is 2.20. The number of rotatable bonds is 3. The summed E-state index contributed by atoms with van der Waals surface area (Å²) in [6.07, 6.45) is 0. The standard InChI is InChI=1S/C41H23Cl2N5/c42-26-11-7-9-24(19-26)34-23-39(46-40(44-34)25-10-8-12-27(43)20-25)47-35-17-5-3-14-29(35)32-22-38-31(21-37(32)47)28-13-1-2-15-30(28)41-45-33-16-4-6-18-36(33)48(38)41/h1-23H. The number of imidazole rings is 1. The quantitative estimate of drug-likeness (QED) is 0.178. The fraction of sp³-hybridized carbons (Fsp3) is 0. The third-order valence-corrected chi connectivity index (χ3v) is 9.66. The lowest BCUT2D eigenvalue weighted by molar-refractivity contribution is 1.05. The number of pyridine rings is 1. The molecule has 0 saturated heterocycles. The zero-order chi connectivity index (χ0) is 31.9. The molecule has 10 aromatic rings. The van der Waals surface area contributed by atoms with E-state index in [9.17, 15) is 0 Å². The average Bonchev–Trinajstić information content (AvgIpc) is 3.67. The third kappa shape index (κ3) is 4.08. The van der Waals surface area contributed by atoms with Gasteiger partial charge in [-0.2, -0.15) is 0 Å². The van der Waals surface area contributed by atoms with Crippen molar-refractivity contribution in [1.82, 2.24) is 23.9 Å². The van der Waals surface area contributed by atoms with Gasteiger partial charge < -0.3 is 0 Å². The first kappa shape index (κ1) is 27.4. The van der Waals surface area contributed by atoms with Crippen molar-refractivity contribution in [3.8, 4) is 28.5 Å². The lowest BCUT2D eigenvalue weighted by atomic mass is 10.0. The van der Waals surface area contributed by atoms with Crippen LogP contribution >= 0.6 is 23.2 Å². The molecule has 48 heavy (non-hydrogen) atoms. The largest absolute Gasteiger partial charge is 0.294 e. The Morgan fingerprint density at radius 3 is 1.90 bits per heavy atom. The third-order valence-electron chi connectivity index (χ3n) is 9.19. The molecule has 4 aromatic heterocycles. The summed E-state index contributed by atoms with van der Waals surface area (Å²) >= 11 is 12.9. The van der Waals surface area contributed by atoms with Gasteiger partial charge in [0, 0.05) is 48.8 Å². The van der Waals surface area contributed by atoms with E-state index in [0.717, 1.165) is 82.8 Å². The van der Waals surface area contributed by atoms with E-state index in [1.165, 1.54) is 0 Å². The van der Waals surface area contributed by atoms with Crippen LogP contribution in [-0.2, 0) is 0 Å². The number of aromatic nitrogens is 5. The molecular weight excluding hydrogens is 633 g/mol. The highest BCUT2D eigenvalue weighted by Crippen LogP contribution is 2.39. The summed E-state index contributed by atoms with van der Waals surface area (Å²) in [5.74, 6) is 1.33. The molecule has 0 N–H and O–H groups in total. The molecule has 0 atom stereocenters. The van der Waals surface area contributed by atoms with Crippen molar-refractivity contribution >= 4 is 83.4 Å². The monoisotopic (exact) mass is 655 g/mol. The second kappa shape index (κ2) is 10.4. The fourth-order valence-electron chi connectivity index (χ4n) is 7.12. The van der Waals surface area contributed by atoms with E-state index in [-0.39, 0.29) is 0 Å². The highest BCUT2D eigenvalue weighted by atomic mass is 35.5. The van der Waals surface area contributed by atoms with Crippen LogP contribution in [-0.4, -0.2) is 23.9 Å². The summed E-state index contributed by atoms with van der Waals surface area (Å²) in [5.41, 5.74) is 8.71. The first-order valence-corrected chi connectivity index (χ1v) is 16.4. The van der Waals surface area contributed by atoms with Crippen LogP contribution in [0.15, 0.2) is 140 Å². The van der Waals surface area contributed by atoms with Gasteiger partial charge in [-0.05, 0) is 60.0 Å². The minimum Gasteiger partial charge on any atom is -0.294 e. The maximum Gasteiger partial charge on any atom is 0.162 e. The molecule has 226 valence electrons. The maximum absolute atomic E-state index is 6.47. The SMILES string of the molecule is Clc1cccc(-c2cc(-n3c4ccccc4c4cc5c(cc43)c3ccccc3c3nc4ccccc4n53)nc(-c3cccc(Cl)c3)n2)c1. The van der Waals surface area contributed by atoms with Crippen molar-refractivity contribution in [3.05, 3.63) is 150 Å². The van der Waals surface area contributed by atoms with Crippen LogP contribution in [0.25, 0.3) is 88.6 Å².